The highest BCUT2D eigenvalue weighted by atomic mass is 32.1. The topological polar surface area (TPSA) is 45.2 Å². The van der Waals surface area contributed by atoms with Gasteiger partial charge in [-0.2, -0.15) is 0 Å². The van der Waals surface area contributed by atoms with Crippen molar-refractivity contribution >= 4 is 11.3 Å². The fourth-order valence-electron chi connectivity index (χ4n) is 4.13. The Labute approximate surface area is 171 Å². The van der Waals surface area contributed by atoms with Gasteiger partial charge in [0.25, 0.3) is 0 Å². The first-order valence-electron chi connectivity index (χ1n) is 10.2. The summed E-state index contributed by atoms with van der Waals surface area (Å²) in [4.78, 5) is 6.31. The van der Waals surface area contributed by atoms with Crippen molar-refractivity contribution in [1.29, 1.82) is 0 Å². The van der Waals surface area contributed by atoms with Crippen LogP contribution in [0.25, 0.3) is 0 Å². The van der Waals surface area contributed by atoms with Gasteiger partial charge in [-0.3, -0.25) is 4.90 Å². The predicted octanol–water partition coefficient (Wildman–Crippen LogP) is 3.15. The highest BCUT2D eigenvalue weighted by Crippen LogP contribution is 2.30. The number of likely N-dealkylation sites (tertiary alicyclic amines) is 1. The Morgan fingerprint density at radius 3 is 2.79 bits per heavy atom. The van der Waals surface area contributed by atoms with Crippen molar-refractivity contribution in [2.75, 3.05) is 39.9 Å². The second kappa shape index (κ2) is 9.27. The standard InChI is InChI=1S/C22H30N2O3S/c1-26-20-5-4-17(13-24-10-6-22-18(14-24)7-11-28-22)12-21(20)27-16-19(25)15-23-8-2-3-9-23/h4-5,7,11-12,19,25H,2-3,6,8-10,13-16H2,1H3/t19-/m0/s1. The van der Waals surface area contributed by atoms with Gasteiger partial charge in [-0.1, -0.05) is 6.07 Å². The third-order valence-corrected chi connectivity index (χ3v) is 6.64. The summed E-state index contributed by atoms with van der Waals surface area (Å²) in [6.07, 6.45) is 3.11. The molecule has 28 heavy (non-hydrogen) atoms. The molecule has 5 nitrogen and oxygen atoms in total. The van der Waals surface area contributed by atoms with E-state index in [1.807, 2.05) is 17.4 Å². The lowest BCUT2D eigenvalue weighted by molar-refractivity contribution is 0.0746. The van der Waals surface area contributed by atoms with Gasteiger partial charge in [-0.05, 0) is 67.1 Å². The number of methoxy groups -OCH3 is 1. The minimum Gasteiger partial charge on any atom is -0.493 e. The molecule has 6 heteroatoms. The van der Waals surface area contributed by atoms with E-state index in [0.29, 0.717) is 12.3 Å². The minimum atomic E-state index is -0.481. The van der Waals surface area contributed by atoms with Crippen molar-refractivity contribution < 1.29 is 14.6 Å². The number of nitrogens with zero attached hydrogens (tertiary/aromatic N) is 2. The molecule has 152 valence electrons. The Hall–Kier alpha value is -1.60. The third-order valence-electron chi connectivity index (χ3n) is 5.62. The van der Waals surface area contributed by atoms with Gasteiger partial charge in [-0.15, -0.1) is 11.3 Å². The number of aliphatic hydroxyl groups is 1. The number of ether oxygens (including phenoxy) is 2. The van der Waals surface area contributed by atoms with Crippen LogP contribution in [-0.2, 0) is 19.5 Å². The van der Waals surface area contributed by atoms with Crippen LogP contribution >= 0.6 is 11.3 Å². The van der Waals surface area contributed by atoms with E-state index >= 15 is 0 Å². The van der Waals surface area contributed by atoms with Gasteiger partial charge in [-0.25, -0.2) is 0 Å². The summed E-state index contributed by atoms with van der Waals surface area (Å²) >= 11 is 1.87. The number of hydrogen-bond donors (Lipinski definition) is 1. The van der Waals surface area contributed by atoms with Crippen molar-refractivity contribution in [2.45, 2.75) is 38.5 Å². The molecular formula is C22H30N2O3S. The molecule has 1 N–H and O–H groups in total. The molecule has 1 fully saturated rings. The molecule has 0 bridgehead atoms. The average molecular weight is 403 g/mol. The summed E-state index contributed by atoms with van der Waals surface area (Å²) in [6, 6.07) is 8.38. The van der Waals surface area contributed by atoms with Gasteiger partial charge in [0.05, 0.1) is 7.11 Å². The summed E-state index contributed by atoms with van der Waals surface area (Å²) in [5, 5.41) is 12.5. The summed E-state index contributed by atoms with van der Waals surface area (Å²) in [6.45, 7) is 6.12. The van der Waals surface area contributed by atoms with Gasteiger partial charge >= 0.3 is 0 Å². The number of β-amino-alcohol motifs (C(OH)–C–C–N with tert-alkyl or cyclic N) is 1. The largest absolute Gasteiger partial charge is 0.493 e. The first-order valence-corrected chi connectivity index (χ1v) is 11.1. The molecule has 0 unspecified atom stereocenters. The van der Waals surface area contributed by atoms with Crippen LogP contribution in [0.1, 0.15) is 28.8 Å². The molecule has 2 aromatic rings. The van der Waals surface area contributed by atoms with E-state index in [1.54, 1.807) is 7.11 Å². The van der Waals surface area contributed by atoms with E-state index < -0.39 is 6.10 Å². The maximum absolute atomic E-state index is 10.3. The minimum absolute atomic E-state index is 0.290. The Bertz CT molecular complexity index is 773. The van der Waals surface area contributed by atoms with E-state index in [0.717, 1.165) is 44.9 Å². The van der Waals surface area contributed by atoms with Crippen molar-refractivity contribution in [3.05, 3.63) is 45.6 Å². The zero-order valence-corrected chi connectivity index (χ0v) is 17.4. The predicted molar refractivity (Wildman–Crippen MR) is 112 cm³/mol. The monoisotopic (exact) mass is 402 g/mol. The molecular weight excluding hydrogens is 372 g/mol. The number of hydrogen-bond acceptors (Lipinski definition) is 6. The second-order valence-electron chi connectivity index (χ2n) is 7.79. The molecule has 1 saturated heterocycles. The molecule has 0 radical (unpaired) electrons. The molecule has 0 saturated carbocycles. The molecule has 3 heterocycles. The highest BCUT2D eigenvalue weighted by molar-refractivity contribution is 7.10. The van der Waals surface area contributed by atoms with Crippen LogP contribution in [0.2, 0.25) is 0 Å². The first kappa shape index (κ1) is 19.7. The van der Waals surface area contributed by atoms with Crippen molar-refractivity contribution in [1.82, 2.24) is 9.80 Å². The molecule has 2 aliphatic heterocycles. The summed E-state index contributed by atoms with van der Waals surface area (Å²) in [5.41, 5.74) is 2.68. The first-order chi connectivity index (χ1) is 13.7. The molecule has 0 aliphatic carbocycles. The van der Waals surface area contributed by atoms with Gasteiger partial charge in [0, 0.05) is 31.1 Å². The van der Waals surface area contributed by atoms with Gasteiger partial charge < -0.3 is 19.5 Å². The number of aliphatic hydroxyl groups excluding tert-OH is 1. The van der Waals surface area contributed by atoms with Crippen LogP contribution in [0.3, 0.4) is 0 Å². The molecule has 0 spiro atoms. The van der Waals surface area contributed by atoms with E-state index in [2.05, 4.69) is 33.4 Å². The second-order valence-corrected chi connectivity index (χ2v) is 8.79. The fourth-order valence-corrected chi connectivity index (χ4v) is 5.02. The lowest BCUT2D eigenvalue weighted by Crippen LogP contribution is -2.33. The van der Waals surface area contributed by atoms with Crippen molar-refractivity contribution in [2.24, 2.45) is 0 Å². The van der Waals surface area contributed by atoms with Crippen LogP contribution in [-0.4, -0.2) is 60.9 Å². The van der Waals surface area contributed by atoms with Crippen LogP contribution in [0.5, 0.6) is 11.5 Å². The molecule has 1 aromatic heterocycles. The Balaban J connectivity index is 1.35. The molecule has 1 atom stereocenters. The summed E-state index contributed by atoms with van der Waals surface area (Å²) in [7, 11) is 1.66. The smallest absolute Gasteiger partial charge is 0.161 e. The van der Waals surface area contributed by atoms with Gasteiger partial charge in [0.15, 0.2) is 11.5 Å². The molecule has 4 rings (SSSR count). The highest BCUT2D eigenvalue weighted by Gasteiger charge is 2.19. The van der Waals surface area contributed by atoms with Crippen LogP contribution in [0.4, 0.5) is 0 Å². The van der Waals surface area contributed by atoms with E-state index in [4.69, 9.17) is 9.47 Å². The van der Waals surface area contributed by atoms with E-state index in [1.165, 1.54) is 28.8 Å². The van der Waals surface area contributed by atoms with E-state index in [9.17, 15) is 5.11 Å². The van der Waals surface area contributed by atoms with E-state index in [-0.39, 0.29) is 6.61 Å². The molecule has 0 amide bonds. The maximum atomic E-state index is 10.3. The Morgan fingerprint density at radius 1 is 1.11 bits per heavy atom. The third kappa shape index (κ3) is 4.87. The lowest BCUT2D eigenvalue weighted by atomic mass is 10.1. The average Bonchev–Trinajstić information content (AvgIpc) is 3.38. The quantitative estimate of drug-likeness (QED) is 0.735. The SMILES string of the molecule is COc1ccc(CN2CCc3sccc3C2)cc1OC[C@@H](O)CN1CCCC1. The van der Waals surface area contributed by atoms with Crippen LogP contribution in [0, 0.1) is 0 Å². The molecule has 2 aliphatic rings. The van der Waals surface area contributed by atoms with Crippen molar-refractivity contribution in [3.8, 4) is 11.5 Å². The fraction of sp³-hybridized carbons (Fsp3) is 0.545. The Morgan fingerprint density at radius 2 is 1.96 bits per heavy atom. The normalized spacial score (nSPS) is 18.8. The van der Waals surface area contributed by atoms with Crippen LogP contribution in [0.15, 0.2) is 29.6 Å². The number of rotatable bonds is 8. The molecule has 1 aromatic carbocycles. The maximum Gasteiger partial charge on any atom is 0.161 e. The van der Waals surface area contributed by atoms with Gasteiger partial charge in [0.2, 0.25) is 0 Å². The zero-order chi connectivity index (χ0) is 19.3. The summed E-state index contributed by atoms with van der Waals surface area (Å²) < 4.78 is 11.4. The number of fused-ring (bicyclic) bond motifs is 1. The zero-order valence-electron chi connectivity index (χ0n) is 16.6. The van der Waals surface area contributed by atoms with Crippen LogP contribution < -0.4 is 9.47 Å². The van der Waals surface area contributed by atoms with Crippen molar-refractivity contribution in [3.63, 3.8) is 0 Å². The summed E-state index contributed by atoms with van der Waals surface area (Å²) in [5.74, 6) is 1.43. The van der Waals surface area contributed by atoms with Gasteiger partial charge in [0.1, 0.15) is 12.7 Å². The lowest BCUT2D eigenvalue weighted by Gasteiger charge is -2.27. The Kier molecular flexibility index (Phi) is 6.52. The number of benzene rings is 1. The number of thiophene rings is 1.